The first-order chi connectivity index (χ1) is 6.27. The Balaban J connectivity index is 2.99. The van der Waals surface area contributed by atoms with Crippen molar-refractivity contribution in [1.29, 1.82) is 0 Å². The Hall–Kier alpha value is -1.28. The Morgan fingerprint density at radius 1 is 1.46 bits per heavy atom. The highest BCUT2D eigenvalue weighted by Crippen LogP contribution is 2.25. The van der Waals surface area contributed by atoms with E-state index in [9.17, 15) is 4.79 Å². The molecule has 0 N–H and O–H groups in total. The molecule has 0 aliphatic heterocycles. The number of carbonyl (C=O) groups excluding carboxylic acids is 1. The second kappa shape index (κ2) is 4.67. The van der Waals surface area contributed by atoms with Crippen molar-refractivity contribution in [2.45, 2.75) is 0 Å². The van der Waals surface area contributed by atoms with Crippen molar-refractivity contribution in [1.82, 2.24) is 0 Å². The standard InChI is InChI=1S/C10H9ClO2/c1-13-10-7-8(3-2-6-12)4-5-9(10)11/h2-7H,1H3/b3-2+. The van der Waals surface area contributed by atoms with Gasteiger partial charge in [0.2, 0.25) is 0 Å². The van der Waals surface area contributed by atoms with Gasteiger partial charge in [0.25, 0.3) is 0 Å². The predicted molar refractivity (Wildman–Crippen MR) is 53.1 cm³/mol. The van der Waals surface area contributed by atoms with Gasteiger partial charge in [-0.15, -0.1) is 0 Å². The highest BCUT2D eigenvalue weighted by atomic mass is 35.5. The molecule has 2 nitrogen and oxygen atoms in total. The van der Waals surface area contributed by atoms with Crippen molar-refractivity contribution in [2.75, 3.05) is 7.11 Å². The minimum absolute atomic E-state index is 0.561. The van der Waals surface area contributed by atoms with Crippen molar-refractivity contribution < 1.29 is 9.53 Å². The lowest BCUT2D eigenvalue weighted by Gasteiger charge is -2.02. The predicted octanol–water partition coefficient (Wildman–Crippen LogP) is 2.56. The Morgan fingerprint density at radius 2 is 2.23 bits per heavy atom. The van der Waals surface area contributed by atoms with Crippen LogP contribution >= 0.6 is 11.6 Å². The first-order valence-corrected chi connectivity index (χ1v) is 4.11. The average molecular weight is 197 g/mol. The van der Waals surface area contributed by atoms with E-state index in [1.165, 1.54) is 6.08 Å². The second-order valence-electron chi connectivity index (χ2n) is 2.39. The lowest BCUT2D eigenvalue weighted by atomic mass is 10.2. The van der Waals surface area contributed by atoms with Crippen LogP contribution in [0.15, 0.2) is 24.3 Å². The van der Waals surface area contributed by atoms with Gasteiger partial charge in [-0.05, 0) is 23.8 Å². The van der Waals surface area contributed by atoms with Gasteiger partial charge >= 0.3 is 0 Å². The first-order valence-electron chi connectivity index (χ1n) is 3.73. The van der Waals surface area contributed by atoms with Crippen LogP contribution in [-0.2, 0) is 4.79 Å². The van der Waals surface area contributed by atoms with E-state index in [4.69, 9.17) is 16.3 Å². The Kier molecular flexibility index (Phi) is 3.53. The summed E-state index contributed by atoms with van der Waals surface area (Å²) in [4.78, 5) is 10.1. The smallest absolute Gasteiger partial charge is 0.142 e. The zero-order chi connectivity index (χ0) is 9.68. The molecule has 68 valence electrons. The molecule has 0 aromatic heterocycles. The number of hydrogen-bond acceptors (Lipinski definition) is 2. The number of halogens is 1. The van der Waals surface area contributed by atoms with Crippen LogP contribution in [0.1, 0.15) is 5.56 Å². The van der Waals surface area contributed by atoms with Gasteiger partial charge in [0, 0.05) is 0 Å². The number of ether oxygens (including phenoxy) is 1. The normalized spacial score (nSPS) is 10.3. The summed E-state index contributed by atoms with van der Waals surface area (Å²) in [6.45, 7) is 0. The second-order valence-corrected chi connectivity index (χ2v) is 2.80. The summed E-state index contributed by atoms with van der Waals surface area (Å²) in [5, 5.41) is 0.561. The van der Waals surface area contributed by atoms with Crippen LogP contribution in [0.4, 0.5) is 0 Å². The van der Waals surface area contributed by atoms with E-state index in [2.05, 4.69) is 0 Å². The lowest BCUT2D eigenvalue weighted by Crippen LogP contribution is -1.84. The monoisotopic (exact) mass is 196 g/mol. The largest absolute Gasteiger partial charge is 0.495 e. The lowest BCUT2D eigenvalue weighted by molar-refractivity contribution is -0.104. The molecule has 0 aliphatic rings. The maximum absolute atomic E-state index is 10.1. The van der Waals surface area contributed by atoms with Crippen molar-refractivity contribution in [3.8, 4) is 5.75 Å². The van der Waals surface area contributed by atoms with Crippen molar-refractivity contribution >= 4 is 24.0 Å². The number of aldehydes is 1. The van der Waals surface area contributed by atoms with Crippen LogP contribution in [0, 0.1) is 0 Å². The van der Waals surface area contributed by atoms with Crippen LogP contribution in [0.2, 0.25) is 5.02 Å². The third-order valence-electron chi connectivity index (χ3n) is 1.54. The maximum Gasteiger partial charge on any atom is 0.142 e. The Bertz CT molecular complexity index is 332. The molecule has 0 unspecified atom stereocenters. The first kappa shape index (κ1) is 9.81. The molecule has 0 aliphatic carbocycles. The van der Waals surface area contributed by atoms with Gasteiger partial charge in [0.15, 0.2) is 0 Å². The van der Waals surface area contributed by atoms with Crippen LogP contribution in [0.5, 0.6) is 5.75 Å². The van der Waals surface area contributed by atoms with Gasteiger partial charge in [-0.3, -0.25) is 4.79 Å². The van der Waals surface area contributed by atoms with Gasteiger partial charge in [-0.1, -0.05) is 23.7 Å². The summed E-state index contributed by atoms with van der Waals surface area (Å²) in [6.07, 6.45) is 3.83. The fourth-order valence-corrected chi connectivity index (χ4v) is 1.13. The van der Waals surface area contributed by atoms with E-state index < -0.39 is 0 Å². The molecule has 0 atom stereocenters. The fraction of sp³-hybridized carbons (Fsp3) is 0.100. The maximum atomic E-state index is 10.1. The van der Waals surface area contributed by atoms with Crippen LogP contribution < -0.4 is 4.74 Å². The summed E-state index contributed by atoms with van der Waals surface area (Å²) in [7, 11) is 1.55. The highest BCUT2D eigenvalue weighted by molar-refractivity contribution is 6.32. The van der Waals surface area contributed by atoms with Gasteiger partial charge in [0.1, 0.15) is 12.0 Å². The van der Waals surface area contributed by atoms with Crippen LogP contribution in [0.25, 0.3) is 6.08 Å². The van der Waals surface area contributed by atoms with Gasteiger partial charge in [-0.2, -0.15) is 0 Å². The zero-order valence-electron chi connectivity index (χ0n) is 7.16. The molecule has 13 heavy (non-hydrogen) atoms. The van der Waals surface area contributed by atoms with E-state index in [1.807, 2.05) is 6.07 Å². The summed E-state index contributed by atoms with van der Waals surface area (Å²) < 4.78 is 5.01. The average Bonchev–Trinajstić information content (AvgIpc) is 2.16. The van der Waals surface area contributed by atoms with E-state index in [0.717, 1.165) is 11.8 Å². The molecule has 3 heteroatoms. The van der Waals surface area contributed by atoms with Gasteiger partial charge in [-0.25, -0.2) is 0 Å². The molecule has 1 rings (SSSR count). The topological polar surface area (TPSA) is 26.3 Å². The fourth-order valence-electron chi connectivity index (χ4n) is 0.930. The molecule has 0 saturated carbocycles. The van der Waals surface area contributed by atoms with E-state index in [-0.39, 0.29) is 0 Å². The number of hydrogen-bond donors (Lipinski definition) is 0. The Morgan fingerprint density at radius 3 is 2.85 bits per heavy atom. The highest BCUT2D eigenvalue weighted by Gasteiger charge is 1.98. The SMILES string of the molecule is COc1cc(/C=C/C=O)ccc1Cl. The van der Waals surface area contributed by atoms with Crippen molar-refractivity contribution in [3.05, 3.63) is 34.9 Å². The van der Waals surface area contributed by atoms with Gasteiger partial charge in [0.05, 0.1) is 12.1 Å². The molecule has 0 bridgehead atoms. The molecular weight excluding hydrogens is 188 g/mol. The third kappa shape index (κ3) is 2.60. The number of rotatable bonds is 3. The number of methoxy groups -OCH3 is 1. The summed E-state index contributed by atoms with van der Waals surface area (Å²) in [6, 6.07) is 5.30. The van der Waals surface area contributed by atoms with E-state index in [1.54, 1.807) is 25.3 Å². The molecule has 0 fully saturated rings. The van der Waals surface area contributed by atoms with Crippen LogP contribution in [-0.4, -0.2) is 13.4 Å². The van der Waals surface area contributed by atoms with E-state index >= 15 is 0 Å². The summed E-state index contributed by atoms with van der Waals surface area (Å²) >= 11 is 5.81. The molecule has 1 aromatic carbocycles. The van der Waals surface area contributed by atoms with E-state index in [0.29, 0.717) is 10.8 Å². The number of carbonyl (C=O) groups is 1. The molecular formula is C10H9ClO2. The zero-order valence-corrected chi connectivity index (χ0v) is 7.91. The molecule has 0 saturated heterocycles. The van der Waals surface area contributed by atoms with Crippen LogP contribution in [0.3, 0.4) is 0 Å². The molecule has 0 heterocycles. The van der Waals surface area contributed by atoms with Gasteiger partial charge < -0.3 is 4.74 Å². The summed E-state index contributed by atoms with van der Waals surface area (Å²) in [5.41, 5.74) is 0.883. The Labute approximate surface area is 81.8 Å². The molecule has 0 spiro atoms. The summed E-state index contributed by atoms with van der Waals surface area (Å²) in [5.74, 6) is 0.606. The quantitative estimate of drug-likeness (QED) is 0.549. The molecule has 0 amide bonds. The minimum Gasteiger partial charge on any atom is -0.495 e. The minimum atomic E-state index is 0.561. The van der Waals surface area contributed by atoms with Crippen molar-refractivity contribution in [2.24, 2.45) is 0 Å². The van der Waals surface area contributed by atoms with Crippen molar-refractivity contribution in [3.63, 3.8) is 0 Å². The number of allylic oxidation sites excluding steroid dienone is 1. The number of benzene rings is 1. The third-order valence-corrected chi connectivity index (χ3v) is 1.85. The molecule has 1 aromatic rings. The molecule has 0 radical (unpaired) electrons.